The van der Waals surface area contributed by atoms with E-state index in [1.807, 2.05) is 6.92 Å². The number of aryl methyl sites for hydroxylation is 1. The van der Waals surface area contributed by atoms with Crippen LogP contribution in [0, 0.1) is 6.92 Å². The number of para-hydroxylation sites is 1. The molecule has 3 rings (SSSR count). The molecule has 0 atom stereocenters. The molecule has 0 saturated heterocycles. The zero-order chi connectivity index (χ0) is 26.7. The summed E-state index contributed by atoms with van der Waals surface area (Å²) in [6.45, 7) is 1.73. The van der Waals surface area contributed by atoms with Gasteiger partial charge in [-0.3, -0.25) is 14.0 Å². The topological polar surface area (TPSA) is 105 Å². The summed E-state index contributed by atoms with van der Waals surface area (Å²) in [5.74, 6) is -2.45. The van der Waals surface area contributed by atoms with Crippen LogP contribution < -0.4 is 10.0 Å². The fraction of sp³-hybridized carbons (Fsp3) is 0.292. The zero-order valence-electron chi connectivity index (χ0n) is 19.9. The molecule has 0 saturated carbocycles. The van der Waals surface area contributed by atoms with E-state index in [1.54, 1.807) is 30.3 Å². The van der Waals surface area contributed by atoms with Crippen molar-refractivity contribution in [1.29, 1.82) is 0 Å². The summed E-state index contributed by atoms with van der Waals surface area (Å²) in [4.78, 5) is 28.5. The fourth-order valence-electron chi connectivity index (χ4n) is 3.49. The molecular formula is C24H26F3N4O4S+. The highest BCUT2D eigenvalue weighted by molar-refractivity contribution is 7.92. The number of hydrogen-bond acceptors (Lipinski definition) is 5. The number of sulfonamides is 1. The van der Waals surface area contributed by atoms with E-state index in [0.29, 0.717) is 5.39 Å². The molecule has 0 unspecified atom stereocenters. The maximum absolute atomic E-state index is 12.8. The maximum Gasteiger partial charge on any atom is 0.509 e. The zero-order valence-corrected chi connectivity index (χ0v) is 20.7. The standard InChI is InChI=1S/C24H25F3N4O4S/c1-16-8-11-18(12-9-16)36(34,35)30-19-7-4-6-17-10-13-20(29-21(17)19)22(32)28-14-5-15-31(2,3)23(33)24(25,26)27/h4,6-13H,5,14-15H2,1-3H3,(H-,28,30,32)/p+1. The van der Waals surface area contributed by atoms with E-state index in [4.69, 9.17) is 0 Å². The molecule has 0 bridgehead atoms. The molecule has 0 radical (unpaired) electrons. The first-order valence-electron chi connectivity index (χ1n) is 10.9. The predicted octanol–water partition coefficient (Wildman–Crippen LogP) is 3.63. The Balaban J connectivity index is 1.72. The number of carbonyl (C=O) groups is 2. The molecule has 8 nitrogen and oxygen atoms in total. The van der Waals surface area contributed by atoms with Crippen molar-refractivity contribution in [2.75, 3.05) is 31.9 Å². The van der Waals surface area contributed by atoms with Crippen molar-refractivity contribution in [3.05, 3.63) is 65.9 Å². The highest BCUT2D eigenvalue weighted by atomic mass is 32.2. The predicted molar refractivity (Wildman–Crippen MR) is 129 cm³/mol. The third kappa shape index (κ3) is 6.38. The number of quaternary nitrogens is 1. The van der Waals surface area contributed by atoms with Crippen molar-refractivity contribution in [1.82, 2.24) is 10.3 Å². The normalized spacial score (nSPS) is 12.4. The first-order valence-corrected chi connectivity index (χ1v) is 12.4. The molecule has 0 aliphatic carbocycles. The van der Waals surface area contributed by atoms with E-state index in [0.717, 1.165) is 19.7 Å². The van der Waals surface area contributed by atoms with Gasteiger partial charge in [-0.05, 0) is 31.2 Å². The molecule has 3 aromatic rings. The molecule has 1 heterocycles. The average Bonchev–Trinajstić information content (AvgIpc) is 2.80. The van der Waals surface area contributed by atoms with Crippen LogP contribution in [-0.4, -0.2) is 63.1 Å². The summed E-state index contributed by atoms with van der Waals surface area (Å²) in [6.07, 6.45) is -4.82. The minimum Gasteiger partial charge on any atom is -0.350 e. The Morgan fingerprint density at radius 1 is 1.00 bits per heavy atom. The summed E-state index contributed by atoms with van der Waals surface area (Å²) >= 11 is 0. The third-order valence-corrected chi connectivity index (χ3v) is 6.88. The number of pyridine rings is 1. The second kappa shape index (κ2) is 10.2. The Bertz CT molecular complexity index is 1390. The lowest BCUT2D eigenvalue weighted by atomic mass is 10.1. The highest BCUT2D eigenvalue weighted by Crippen LogP contribution is 2.25. The minimum atomic E-state index is -4.94. The lowest BCUT2D eigenvalue weighted by Gasteiger charge is -2.27. The van der Waals surface area contributed by atoms with Crippen LogP contribution in [0.1, 0.15) is 22.5 Å². The number of anilines is 1. The monoisotopic (exact) mass is 523 g/mol. The summed E-state index contributed by atoms with van der Waals surface area (Å²) < 4.78 is 65.3. The van der Waals surface area contributed by atoms with E-state index in [2.05, 4.69) is 15.0 Å². The molecule has 0 aliphatic heterocycles. The maximum atomic E-state index is 12.8. The van der Waals surface area contributed by atoms with Gasteiger partial charge in [0.1, 0.15) is 5.69 Å². The smallest absolute Gasteiger partial charge is 0.350 e. The molecule has 2 amide bonds. The summed E-state index contributed by atoms with van der Waals surface area (Å²) in [5.41, 5.74) is 1.36. The van der Waals surface area contributed by atoms with Gasteiger partial charge in [-0.25, -0.2) is 18.2 Å². The number of fused-ring (bicyclic) bond motifs is 1. The van der Waals surface area contributed by atoms with Gasteiger partial charge >= 0.3 is 12.1 Å². The van der Waals surface area contributed by atoms with Gasteiger partial charge in [0.05, 0.1) is 36.7 Å². The van der Waals surface area contributed by atoms with Crippen molar-refractivity contribution in [3.63, 3.8) is 0 Å². The highest BCUT2D eigenvalue weighted by Gasteiger charge is 2.50. The quantitative estimate of drug-likeness (QED) is 0.347. The van der Waals surface area contributed by atoms with Crippen molar-refractivity contribution >= 4 is 38.4 Å². The Morgan fingerprint density at radius 3 is 2.31 bits per heavy atom. The minimum absolute atomic E-state index is 0.00426. The van der Waals surface area contributed by atoms with E-state index in [-0.39, 0.29) is 41.3 Å². The Hall–Kier alpha value is -3.51. The van der Waals surface area contributed by atoms with Gasteiger partial charge in [-0.2, -0.15) is 13.2 Å². The average molecular weight is 524 g/mol. The van der Waals surface area contributed by atoms with Gasteiger partial charge < -0.3 is 5.32 Å². The van der Waals surface area contributed by atoms with Gasteiger partial charge in [0.15, 0.2) is 0 Å². The number of hydrogen-bond donors (Lipinski definition) is 2. The van der Waals surface area contributed by atoms with Gasteiger partial charge in [-0.1, -0.05) is 35.9 Å². The van der Waals surface area contributed by atoms with Crippen LogP contribution in [0.15, 0.2) is 59.5 Å². The van der Waals surface area contributed by atoms with Crippen molar-refractivity contribution in [2.24, 2.45) is 0 Å². The van der Waals surface area contributed by atoms with E-state index in [9.17, 15) is 31.2 Å². The molecule has 0 spiro atoms. The van der Waals surface area contributed by atoms with E-state index in [1.165, 1.54) is 24.3 Å². The Morgan fingerprint density at radius 2 is 1.67 bits per heavy atom. The van der Waals surface area contributed by atoms with Crippen molar-refractivity contribution in [3.8, 4) is 0 Å². The van der Waals surface area contributed by atoms with Gasteiger partial charge in [0.25, 0.3) is 15.9 Å². The fourth-order valence-corrected chi connectivity index (χ4v) is 4.56. The summed E-state index contributed by atoms with van der Waals surface area (Å²) in [7, 11) is -1.59. The lowest BCUT2D eigenvalue weighted by molar-refractivity contribution is -0.819. The van der Waals surface area contributed by atoms with E-state index >= 15 is 0 Å². The van der Waals surface area contributed by atoms with Crippen LogP contribution in [0.4, 0.5) is 18.9 Å². The number of halogens is 3. The number of rotatable bonds is 8. The summed E-state index contributed by atoms with van der Waals surface area (Å²) in [6, 6.07) is 14.3. The lowest BCUT2D eigenvalue weighted by Crippen LogP contribution is -2.53. The number of carbonyl (C=O) groups excluding carboxylic acids is 2. The Kier molecular flexibility index (Phi) is 7.70. The number of nitrogens with one attached hydrogen (secondary N) is 2. The first-order chi connectivity index (χ1) is 16.7. The largest absolute Gasteiger partial charge is 0.509 e. The molecule has 1 aromatic heterocycles. The molecule has 0 aliphatic rings. The summed E-state index contributed by atoms with van der Waals surface area (Å²) in [5, 5.41) is 3.17. The van der Waals surface area contributed by atoms with Crippen LogP contribution in [0.3, 0.4) is 0 Å². The molecule has 2 aromatic carbocycles. The van der Waals surface area contributed by atoms with Gasteiger partial charge in [0, 0.05) is 18.4 Å². The number of alkyl halides is 3. The molecule has 2 N–H and O–H groups in total. The number of amides is 2. The number of benzene rings is 2. The van der Waals surface area contributed by atoms with Gasteiger partial charge in [0.2, 0.25) is 0 Å². The number of nitrogens with zero attached hydrogens (tertiary/aromatic N) is 2. The Labute approximate surface area is 206 Å². The van der Waals surface area contributed by atoms with Crippen LogP contribution in [-0.2, 0) is 14.8 Å². The van der Waals surface area contributed by atoms with Crippen LogP contribution in [0.5, 0.6) is 0 Å². The van der Waals surface area contributed by atoms with Crippen LogP contribution >= 0.6 is 0 Å². The van der Waals surface area contributed by atoms with Crippen LogP contribution in [0.2, 0.25) is 0 Å². The van der Waals surface area contributed by atoms with Crippen molar-refractivity contribution < 1.29 is 35.7 Å². The molecule has 12 heteroatoms. The second-order valence-electron chi connectivity index (χ2n) is 8.81. The van der Waals surface area contributed by atoms with Crippen LogP contribution in [0.25, 0.3) is 10.9 Å². The molecular weight excluding hydrogens is 497 g/mol. The molecule has 192 valence electrons. The number of aromatic nitrogens is 1. The SMILES string of the molecule is Cc1ccc(S(=O)(=O)Nc2cccc3ccc(C(=O)NCCC[N+](C)(C)C(=O)C(F)(F)F)nc23)cc1. The second-order valence-corrected chi connectivity index (χ2v) is 10.5. The van der Waals surface area contributed by atoms with E-state index < -0.39 is 32.5 Å². The first kappa shape index (κ1) is 27.1. The third-order valence-electron chi connectivity index (χ3n) is 5.50. The van der Waals surface area contributed by atoms with Crippen molar-refractivity contribution in [2.45, 2.75) is 24.4 Å². The van der Waals surface area contributed by atoms with Gasteiger partial charge in [-0.15, -0.1) is 0 Å². The molecule has 0 fully saturated rings. The molecule has 36 heavy (non-hydrogen) atoms.